The van der Waals surface area contributed by atoms with Crippen LogP contribution in [0.3, 0.4) is 0 Å². The number of hydrogen-bond donors (Lipinski definition) is 0. The van der Waals surface area contributed by atoms with Gasteiger partial charge >= 0.3 is 5.97 Å². The second-order valence-electron chi connectivity index (χ2n) is 8.22. The number of rotatable bonds is 9. The van der Waals surface area contributed by atoms with Crippen molar-refractivity contribution in [2.75, 3.05) is 6.54 Å². The molecule has 0 saturated heterocycles. The molecule has 0 bridgehead atoms. The Balaban J connectivity index is 4.42. The zero-order valence-electron chi connectivity index (χ0n) is 16.3. The fraction of sp³-hybridized carbons (Fsp3) is 0.895. The smallest absolute Gasteiger partial charge is 0.308 e. The molecule has 0 aromatic heterocycles. The minimum Gasteiger partial charge on any atom is -0.460 e. The number of nitrogens with zero attached hydrogens (tertiary/aromatic N) is 1. The van der Waals surface area contributed by atoms with Crippen molar-refractivity contribution >= 4 is 11.9 Å². The van der Waals surface area contributed by atoms with Gasteiger partial charge in [-0.25, -0.2) is 0 Å². The minimum atomic E-state index is -0.479. The molecule has 0 fully saturated rings. The number of unbranched alkanes of at least 4 members (excludes halogenated alkanes) is 4. The van der Waals surface area contributed by atoms with E-state index >= 15 is 0 Å². The van der Waals surface area contributed by atoms with E-state index in [4.69, 9.17) is 4.74 Å². The molecular formula is C19H37NO3. The van der Waals surface area contributed by atoms with Crippen molar-refractivity contribution in [1.29, 1.82) is 0 Å². The van der Waals surface area contributed by atoms with E-state index in [0.29, 0.717) is 13.0 Å². The zero-order chi connectivity index (χ0) is 18.1. The maximum Gasteiger partial charge on any atom is 0.308 e. The van der Waals surface area contributed by atoms with Crippen LogP contribution in [0, 0.1) is 0 Å². The third-order valence-electron chi connectivity index (χ3n) is 3.56. The molecule has 136 valence electrons. The Morgan fingerprint density at radius 3 is 1.91 bits per heavy atom. The van der Waals surface area contributed by atoms with Gasteiger partial charge in [-0.15, -0.1) is 0 Å². The molecule has 23 heavy (non-hydrogen) atoms. The molecule has 0 rings (SSSR count). The monoisotopic (exact) mass is 327 g/mol. The Labute approximate surface area is 143 Å². The SMILES string of the molecule is CCCCCCCC(=O)N(CCC(=O)OC(C)(C)C)C(C)(C)C. The number of carbonyl (C=O) groups excluding carboxylic acids is 2. The molecule has 0 saturated carbocycles. The molecule has 0 aromatic rings. The third kappa shape index (κ3) is 11.2. The summed E-state index contributed by atoms with van der Waals surface area (Å²) in [6.07, 6.45) is 6.47. The molecule has 0 heterocycles. The Morgan fingerprint density at radius 2 is 1.43 bits per heavy atom. The van der Waals surface area contributed by atoms with Gasteiger partial charge in [-0.3, -0.25) is 9.59 Å². The molecule has 4 nitrogen and oxygen atoms in total. The van der Waals surface area contributed by atoms with Crippen molar-refractivity contribution < 1.29 is 14.3 Å². The lowest BCUT2D eigenvalue weighted by molar-refractivity contribution is -0.155. The average Bonchev–Trinajstić information content (AvgIpc) is 2.34. The first kappa shape index (κ1) is 21.9. The van der Waals surface area contributed by atoms with Crippen molar-refractivity contribution in [3.8, 4) is 0 Å². The molecule has 0 aliphatic heterocycles. The lowest BCUT2D eigenvalue weighted by atomic mass is 10.0. The van der Waals surface area contributed by atoms with Gasteiger partial charge < -0.3 is 9.64 Å². The van der Waals surface area contributed by atoms with Crippen molar-refractivity contribution in [2.45, 2.75) is 105 Å². The number of carbonyl (C=O) groups is 2. The highest BCUT2D eigenvalue weighted by Gasteiger charge is 2.27. The zero-order valence-corrected chi connectivity index (χ0v) is 16.3. The summed E-state index contributed by atoms with van der Waals surface area (Å²) in [6.45, 7) is 14.2. The quantitative estimate of drug-likeness (QED) is 0.455. The highest BCUT2D eigenvalue weighted by molar-refractivity contribution is 5.78. The fourth-order valence-corrected chi connectivity index (χ4v) is 2.44. The summed E-state index contributed by atoms with van der Waals surface area (Å²) in [5.41, 5.74) is -0.755. The summed E-state index contributed by atoms with van der Waals surface area (Å²) in [7, 11) is 0. The average molecular weight is 328 g/mol. The molecule has 0 N–H and O–H groups in total. The molecule has 0 radical (unpaired) electrons. The van der Waals surface area contributed by atoms with Crippen molar-refractivity contribution in [3.63, 3.8) is 0 Å². The van der Waals surface area contributed by atoms with E-state index in [9.17, 15) is 9.59 Å². The van der Waals surface area contributed by atoms with E-state index in [0.717, 1.165) is 12.8 Å². The highest BCUT2D eigenvalue weighted by atomic mass is 16.6. The second kappa shape index (κ2) is 9.94. The Kier molecular flexibility index (Phi) is 9.48. The topological polar surface area (TPSA) is 46.6 Å². The summed E-state index contributed by atoms with van der Waals surface area (Å²) < 4.78 is 5.33. The molecular weight excluding hydrogens is 290 g/mol. The predicted octanol–water partition coefficient (Wildman–Crippen LogP) is 4.71. The fourth-order valence-electron chi connectivity index (χ4n) is 2.44. The molecule has 4 heteroatoms. The predicted molar refractivity (Wildman–Crippen MR) is 95.3 cm³/mol. The van der Waals surface area contributed by atoms with Gasteiger partial charge in [-0.05, 0) is 48.0 Å². The van der Waals surface area contributed by atoms with Crippen LogP contribution >= 0.6 is 0 Å². The largest absolute Gasteiger partial charge is 0.460 e. The number of hydrogen-bond acceptors (Lipinski definition) is 3. The van der Waals surface area contributed by atoms with Crippen LogP contribution in [0.1, 0.15) is 93.4 Å². The summed E-state index contributed by atoms with van der Waals surface area (Å²) >= 11 is 0. The Morgan fingerprint density at radius 1 is 0.870 bits per heavy atom. The van der Waals surface area contributed by atoms with Gasteiger partial charge in [0.1, 0.15) is 5.60 Å². The normalized spacial score (nSPS) is 12.1. The van der Waals surface area contributed by atoms with Crippen LogP contribution in [0.5, 0.6) is 0 Å². The van der Waals surface area contributed by atoms with Crippen molar-refractivity contribution in [1.82, 2.24) is 4.90 Å². The van der Waals surface area contributed by atoms with Crippen molar-refractivity contribution in [2.24, 2.45) is 0 Å². The first-order valence-corrected chi connectivity index (χ1v) is 8.99. The maximum absolute atomic E-state index is 12.5. The first-order chi connectivity index (χ1) is 10.5. The van der Waals surface area contributed by atoms with Crippen LogP contribution < -0.4 is 0 Å². The van der Waals surface area contributed by atoms with E-state index in [2.05, 4.69) is 6.92 Å². The summed E-state index contributed by atoms with van der Waals surface area (Å²) in [5, 5.41) is 0. The van der Waals surface area contributed by atoms with Crippen LogP contribution in [0.2, 0.25) is 0 Å². The van der Waals surface area contributed by atoms with Gasteiger partial charge in [0.25, 0.3) is 0 Å². The molecule has 0 unspecified atom stereocenters. The van der Waals surface area contributed by atoms with E-state index < -0.39 is 5.60 Å². The summed E-state index contributed by atoms with van der Waals surface area (Å²) in [4.78, 5) is 26.2. The summed E-state index contributed by atoms with van der Waals surface area (Å²) in [6, 6.07) is 0. The van der Waals surface area contributed by atoms with Gasteiger partial charge in [-0.1, -0.05) is 32.6 Å². The third-order valence-corrected chi connectivity index (χ3v) is 3.56. The first-order valence-electron chi connectivity index (χ1n) is 8.99. The van der Waals surface area contributed by atoms with E-state index in [1.807, 2.05) is 46.4 Å². The van der Waals surface area contributed by atoms with Gasteiger partial charge in [0.15, 0.2) is 0 Å². The highest BCUT2D eigenvalue weighted by Crippen LogP contribution is 2.18. The van der Waals surface area contributed by atoms with E-state index in [1.165, 1.54) is 19.3 Å². The lowest BCUT2D eigenvalue weighted by Gasteiger charge is -2.36. The van der Waals surface area contributed by atoms with Crippen LogP contribution in [-0.2, 0) is 14.3 Å². The van der Waals surface area contributed by atoms with Crippen molar-refractivity contribution in [3.05, 3.63) is 0 Å². The van der Waals surface area contributed by atoms with E-state index in [-0.39, 0.29) is 23.8 Å². The van der Waals surface area contributed by atoms with E-state index in [1.54, 1.807) is 0 Å². The van der Waals surface area contributed by atoms with Gasteiger partial charge in [0.05, 0.1) is 6.42 Å². The van der Waals surface area contributed by atoms with Gasteiger partial charge in [0, 0.05) is 18.5 Å². The standard InChI is InChI=1S/C19H37NO3/c1-8-9-10-11-12-13-16(21)20(18(2,3)4)15-14-17(22)23-19(5,6)7/h8-15H2,1-7H3. The number of ether oxygens (including phenoxy) is 1. The molecule has 0 spiro atoms. The molecule has 0 atom stereocenters. The second-order valence-corrected chi connectivity index (χ2v) is 8.22. The summed E-state index contributed by atoms with van der Waals surface area (Å²) in [5.74, 6) is -0.111. The molecule has 0 aromatic carbocycles. The van der Waals surface area contributed by atoms with Crippen LogP contribution in [0.4, 0.5) is 0 Å². The molecule has 0 aliphatic carbocycles. The molecule has 0 aliphatic rings. The number of esters is 1. The van der Waals surface area contributed by atoms with Gasteiger partial charge in [-0.2, -0.15) is 0 Å². The minimum absolute atomic E-state index is 0.137. The van der Waals surface area contributed by atoms with Crippen LogP contribution in [0.15, 0.2) is 0 Å². The Bertz CT molecular complexity index is 364. The maximum atomic E-state index is 12.5. The van der Waals surface area contributed by atoms with Crippen LogP contribution in [-0.4, -0.2) is 34.5 Å². The lowest BCUT2D eigenvalue weighted by Crippen LogP contribution is -2.46. The Hall–Kier alpha value is -1.06. The van der Waals surface area contributed by atoms with Crippen LogP contribution in [0.25, 0.3) is 0 Å². The molecule has 1 amide bonds. The van der Waals surface area contributed by atoms with Gasteiger partial charge in [0.2, 0.25) is 5.91 Å². The number of amides is 1.